The van der Waals surface area contributed by atoms with Gasteiger partial charge in [0.05, 0.1) is 4.91 Å². The fourth-order valence-corrected chi connectivity index (χ4v) is 3.79. The van der Waals surface area contributed by atoms with E-state index >= 15 is 0 Å². The van der Waals surface area contributed by atoms with Gasteiger partial charge in [-0.2, -0.15) is 0 Å². The van der Waals surface area contributed by atoms with Crippen molar-refractivity contribution in [2.45, 2.75) is 5.50 Å². The highest BCUT2D eigenvalue weighted by molar-refractivity contribution is 9.10. The number of thioether (sulfide) groups is 1. The number of ether oxygens (including phenoxy) is 1. The van der Waals surface area contributed by atoms with E-state index in [1.165, 1.54) is 11.8 Å². The van der Waals surface area contributed by atoms with Gasteiger partial charge in [-0.1, -0.05) is 39.3 Å². The second-order valence-electron chi connectivity index (χ2n) is 5.50. The summed E-state index contributed by atoms with van der Waals surface area (Å²) >= 11 is 10.6. The van der Waals surface area contributed by atoms with Gasteiger partial charge >= 0.3 is 5.97 Å². The number of carbonyl (C=O) groups excluding carboxylic acids is 1. The molecule has 9 heteroatoms. The van der Waals surface area contributed by atoms with E-state index in [-0.39, 0.29) is 11.4 Å². The Morgan fingerprint density at radius 1 is 1.33 bits per heavy atom. The van der Waals surface area contributed by atoms with Gasteiger partial charge in [-0.25, -0.2) is 4.79 Å². The van der Waals surface area contributed by atoms with Crippen molar-refractivity contribution in [2.24, 2.45) is 0 Å². The first-order valence-corrected chi connectivity index (χ1v) is 9.81. The molecule has 2 aromatic rings. The number of hydrogen-bond donors (Lipinski definition) is 3. The maximum Gasteiger partial charge on any atom is 0.341 e. The van der Waals surface area contributed by atoms with Crippen LogP contribution in [0.5, 0.6) is 5.75 Å². The number of hydrogen-bond acceptors (Lipinski definition) is 5. The number of carbonyl (C=O) groups is 2. The molecule has 140 valence electrons. The number of carboxylic acids is 1. The van der Waals surface area contributed by atoms with Gasteiger partial charge in [0.1, 0.15) is 5.75 Å². The van der Waals surface area contributed by atoms with E-state index in [2.05, 4.69) is 26.6 Å². The van der Waals surface area contributed by atoms with Crippen molar-refractivity contribution < 1.29 is 19.4 Å². The molecule has 0 spiro atoms. The van der Waals surface area contributed by atoms with Crippen LogP contribution in [-0.4, -0.2) is 29.1 Å². The molecule has 0 saturated carbocycles. The molecule has 1 aliphatic rings. The fraction of sp³-hybridized carbons (Fsp3) is 0.111. The van der Waals surface area contributed by atoms with Crippen LogP contribution in [0.1, 0.15) is 5.56 Å². The third-order valence-electron chi connectivity index (χ3n) is 3.48. The molecule has 3 rings (SSSR count). The Labute approximate surface area is 173 Å². The van der Waals surface area contributed by atoms with E-state index < -0.39 is 12.6 Å². The minimum atomic E-state index is -1.07. The summed E-state index contributed by atoms with van der Waals surface area (Å²) < 4.78 is 6.09. The lowest BCUT2D eigenvalue weighted by Crippen LogP contribution is -2.30. The van der Waals surface area contributed by atoms with Crippen molar-refractivity contribution in [2.75, 3.05) is 11.9 Å². The molecule has 0 aliphatic carbocycles. The summed E-state index contributed by atoms with van der Waals surface area (Å²) in [5.41, 5.74) is 1.10. The molecular weight excluding hydrogens is 456 g/mol. The molecular formula is C18H14BrClN2O4S. The third-order valence-corrected chi connectivity index (χ3v) is 5.26. The molecule has 1 atom stereocenters. The normalized spacial score (nSPS) is 17.6. The lowest BCUT2D eigenvalue weighted by atomic mass is 10.2. The number of rotatable bonds is 6. The zero-order valence-electron chi connectivity index (χ0n) is 13.7. The summed E-state index contributed by atoms with van der Waals surface area (Å²) in [4.78, 5) is 23.5. The Kier molecular flexibility index (Phi) is 6.30. The van der Waals surface area contributed by atoms with Crippen LogP contribution in [0.3, 0.4) is 0 Å². The monoisotopic (exact) mass is 468 g/mol. The Bertz CT molecular complexity index is 905. The zero-order valence-corrected chi connectivity index (χ0v) is 16.9. The molecule has 6 nitrogen and oxygen atoms in total. The average Bonchev–Trinajstić information content (AvgIpc) is 2.95. The summed E-state index contributed by atoms with van der Waals surface area (Å²) in [6, 6.07) is 12.3. The Hall–Kier alpha value is -2.16. The highest BCUT2D eigenvalue weighted by Crippen LogP contribution is 2.33. The summed E-state index contributed by atoms with van der Waals surface area (Å²) in [6.45, 7) is -0.460. The SMILES string of the molecule is O=C(O)COc1ccc(Br)cc1/C=C1/SC(Nc2ccc(Cl)cc2)NC1=O. The number of aliphatic carboxylic acids is 1. The first-order valence-electron chi connectivity index (χ1n) is 7.76. The number of carboxylic acid groups (broad SMARTS) is 1. The van der Waals surface area contributed by atoms with E-state index in [0.29, 0.717) is 21.2 Å². The fourth-order valence-electron chi connectivity index (χ4n) is 2.31. The molecule has 0 bridgehead atoms. The maximum atomic E-state index is 12.3. The first-order chi connectivity index (χ1) is 12.9. The average molecular weight is 470 g/mol. The van der Waals surface area contributed by atoms with Crippen molar-refractivity contribution >= 4 is 62.9 Å². The quantitative estimate of drug-likeness (QED) is 0.551. The topological polar surface area (TPSA) is 87.7 Å². The maximum absolute atomic E-state index is 12.3. The molecule has 1 unspecified atom stereocenters. The third kappa shape index (κ3) is 5.41. The molecule has 3 N–H and O–H groups in total. The van der Waals surface area contributed by atoms with Gasteiger partial charge < -0.3 is 20.5 Å². The molecule has 1 heterocycles. The summed E-state index contributed by atoms with van der Waals surface area (Å²) in [6.07, 6.45) is 1.67. The minimum absolute atomic E-state index is 0.226. The van der Waals surface area contributed by atoms with Gasteiger partial charge in [-0.15, -0.1) is 0 Å². The number of anilines is 1. The van der Waals surface area contributed by atoms with Crippen LogP contribution in [0.4, 0.5) is 5.69 Å². The van der Waals surface area contributed by atoms with Crippen molar-refractivity contribution in [3.8, 4) is 5.75 Å². The van der Waals surface area contributed by atoms with Crippen molar-refractivity contribution in [3.63, 3.8) is 0 Å². The highest BCUT2D eigenvalue weighted by Gasteiger charge is 2.27. The summed E-state index contributed by atoms with van der Waals surface area (Å²) in [5.74, 6) is -0.914. The van der Waals surface area contributed by atoms with Gasteiger partial charge in [0.25, 0.3) is 5.91 Å². The predicted molar refractivity (Wildman–Crippen MR) is 110 cm³/mol. The molecule has 0 radical (unpaired) electrons. The highest BCUT2D eigenvalue weighted by atomic mass is 79.9. The van der Waals surface area contributed by atoms with Crippen LogP contribution >= 0.6 is 39.3 Å². The largest absolute Gasteiger partial charge is 0.481 e. The number of amides is 1. The second-order valence-corrected chi connectivity index (χ2v) is 7.99. The van der Waals surface area contributed by atoms with Gasteiger partial charge in [0.15, 0.2) is 12.1 Å². The van der Waals surface area contributed by atoms with Gasteiger partial charge in [-0.3, -0.25) is 4.79 Å². The van der Waals surface area contributed by atoms with Crippen LogP contribution in [0.25, 0.3) is 6.08 Å². The molecule has 2 aromatic carbocycles. The van der Waals surface area contributed by atoms with Gasteiger partial charge in [0.2, 0.25) is 0 Å². The number of benzene rings is 2. The predicted octanol–water partition coefficient (Wildman–Crippen LogP) is 4.17. The van der Waals surface area contributed by atoms with E-state index in [0.717, 1.165) is 10.2 Å². The Balaban J connectivity index is 1.76. The smallest absolute Gasteiger partial charge is 0.341 e. The van der Waals surface area contributed by atoms with Crippen molar-refractivity contribution in [3.05, 3.63) is 62.4 Å². The van der Waals surface area contributed by atoms with E-state index in [1.807, 2.05) is 12.1 Å². The molecule has 0 aromatic heterocycles. The molecule has 1 amide bonds. The number of nitrogens with one attached hydrogen (secondary N) is 2. The van der Waals surface area contributed by atoms with Gasteiger partial charge in [0, 0.05) is 20.7 Å². The van der Waals surface area contributed by atoms with E-state index in [9.17, 15) is 9.59 Å². The Morgan fingerprint density at radius 2 is 2.07 bits per heavy atom. The lowest BCUT2D eigenvalue weighted by molar-refractivity contribution is -0.139. The van der Waals surface area contributed by atoms with E-state index in [1.54, 1.807) is 36.4 Å². The van der Waals surface area contributed by atoms with Gasteiger partial charge in [-0.05, 0) is 48.5 Å². The van der Waals surface area contributed by atoms with Crippen LogP contribution in [0, 0.1) is 0 Å². The molecule has 1 fully saturated rings. The lowest BCUT2D eigenvalue weighted by Gasteiger charge is -2.12. The first kappa shape index (κ1) is 19.6. The second kappa shape index (κ2) is 8.69. The molecule has 1 saturated heterocycles. The van der Waals surface area contributed by atoms with Crippen LogP contribution < -0.4 is 15.4 Å². The van der Waals surface area contributed by atoms with Crippen LogP contribution in [-0.2, 0) is 9.59 Å². The standard InChI is InChI=1S/C18H14BrClN2O4S/c19-11-1-6-14(26-9-16(23)24)10(7-11)8-15-17(25)22-18(27-15)21-13-4-2-12(20)3-5-13/h1-8,18,21H,9H2,(H,22,25)(H,23,24)/b15-8+. The molecule has 27 heavy (non-hydrogen) atoms. The van der Waals surface area contributed by atoms with Crippen LogP contribution in [0.2, 0.25) is 5.02 Å². The summed E-state index contributed by atoms with van der Waals surface area (Å²) in [7, 11) is 0. The van der Waals surface area contributed by atoms with Crippen molar-refractivity contribution in [1.29, 1.82) is 0 Å². The number of halogens is 2. The van der Waals surface area contributed by atoms with Crippen LogP contribution in [0.15, 0.2) is 51.8 Å². The Morgan fingerprint density at radius 3 is 2.78 bits per heavy atom. The minimum Gasteiger partial charge on any atom is -0.481 e. The van der Waals surface area contributed by atoms with Crippen molar-refractivity contribution in [1.82, 2.24) is 5.32 Å². The van der Waals surface area contributed by atoms with E-state index in [4.69, 9.17) is 21.4 Å². The molecule has 1 aliphatic heterocycles. The summed E-state index contributed by atoms with van der Waals surface area (Å²) in [5, 5.41) is 15.5. The zero-order chi connectivity index (χ0) is 19.4.